The van der Waals surface area contributed by atoms with Crippen molar-refractivity contribution in [2.75, 3.05) is 18.6 Å². The van der Waals surface area contributed by atoms with E-state index in [-0.39, 0.29) is 5.91 Å². The molecule has 0 fully saturated rings. The average molecular weight is 305 g/mol. The van der Waals surface area contributed by atoms with Gasteiger partial charge in [-0.2, -0.15) is 0 Å². The Kier molecular flexibility index (Phi) is 4.70. The van der Waals surface area contributed by atoms with Crippen LogP contribution in [0.4, 0.5) is 5.69 Å². The second-order valence-electron chi connectivity index (χ2n) is 4.88. The van der Waals surface area contributed by atoms with E-state index >= 15 is 0 Å². The molecule has 1 atom stereocenters. The van der Waals surface area contributed by atoms with E-state index in [0.717, 1.165) is 6.08 Å². The third-order valence-corrected chi connectivity index (χ3v) is 3.37. The highest BCUT2D eigenvalue weighted by Crippen LogP contribution is 2.43. The second-order valence-corrected chi connectivity index (χ2v) is 4.88. The lowest BCUT2D eigenvalue weighted by Gasteiger charge is -2.32. The summed E-state index contributed by atoms with van der Waals surface area (Å²) in [4.78, 5) is 24.4. The lowest BCUT2D eigenvalue weighted by molar-refractivity contribution is -0.131. The molecule has 1 amide bonds. The third-order valence-electron chi connectivity index (χ3n) is 3.37. The molecule has 0 radical (unpaired) electrons. The summed E-state index contributed by atoms with van der Waals surface area (Å²) in [6.07, 6.45) is 2.53. The van der Waals surface area contributed by atoms with Gasteiger partial charge in [-0.1, -0.05) is 6.92 Å². The maximum absolute atomic E-state index is 12.2. The fourth-order valence-electron chi connectivity index (χ4n) is 2.29. The standard InChI is InChI=1S/C16H19NO5/c1-4-12-16(20)17(3)11-8-10(6-7-14(18)19)9-13(21-5-2)15(11)22-12/h6-9,12H,4-5H2,1-3H3,(H,18,19)/b7-6+. The minimum atomic E-state index is -1.04. The lowest BCUT2D eigenvalue weighted by Crippen LogP contribution is -2.43. The highest BCUT2D eigenvalue weighted by Gasteiger charge is 2.33. The van der Waals surface area contributed by atoms with Crippen molar-refractivity contribution in [2.45, 2.75) is 26.4 Å². The van der Waals surface area contributed by atoms with Gasteiger partial charge in [0.1, 0.15) is 0 Å². The number of anilines is 1. The number of carboxylic acid groups (broad SMARTS) is 1. The van der Waals surface area contributed by atoms with Crippen molar-refractivity contribution in [2.24, 2.45) is 0 Å². The van der Waals surface area contributed by atoms with Crippen LogP contribution in [0.5, 0.6) is 11.5 Å². The SMILES string of the molecule is CCOc1cc(/C=C/C(=O)O)cc2c1OC(CC)C(=O)N2C. The Morgan fingerprint density at radius 1 is 1.45 bits per heavy atom. The fourth-order valence-corrected chi connectivity index (χ4v) is 2.29. The first-order valence-electron chi connectivity index (χ1n) is 7.14. The van der Waals surface area contributed by atoms with Crippen LogP contribution in [0.1, 0.15) is 25.8 Å². The molecule has 1 aliphatic rings. The number of hydrogen-bond donors (Lipinski definition) is 1. The van der Waals surface area contributed by atoms with E-state index in [1.165, 1.54) is 11.0 Å². The maximum atomic E-state index is 12.2. The van der Waals surface area contributed by atoms with E-state index in [0.29, 0.717) is 35.8 Å². The van der Waals surface area contributed by atoms with Crippen molar-refractivity contribution < 1.29 is 24.2 Å². The monoisotopic (exact) mass is 305 g/mol. The molecule has 1 aliphatic heterocycles. The number of benzene rings is 1. The summed E-state index contributed by atoms with van der Waals surface area (Å²) in [5.74, 6) is -0.148. The van der Waals surface area contributed by atoms with Crippen LogP contribution in [0.25, 0.3) is 6.08 Å². The Balaban J connectivity index is 2.52. The number of aliphatic carboxylic acids is 1. The summed E-state index contributed by atoms with van der Waals surface area (Å²) < 4.78 is 11.4. The van der Waals surface area contributed by atoms with Crippen LogP contribution in [0.3, 0.4) is 0 Å². The van der Waals surface area contributed by atoms with E-state index in [2.05, 4.69) is 0 Å². The van der Waals surface area contributed by atoms with E-state index in [4.69, 9.17) is 14.6 Å². The predicted molar refractivity (Wildman–Crippen MR) is 82.4 cm³/mol. The number of nitrogens with zero attached hydrogens (tertiary/aromatic N) is 1. The molecule has 1 unspecified atom stereocenters. The second kappa shape index (κ2) is 6.51. The van der Waals surface area contributed by atoms with Gasteiger partial charge in [0, 0.05) is 13.1 Å². The minimum Gasteiger partial charge on any atom is -0.490 e. The molecule has 6 heteroatoms. The number of amides is 1. The van der Waals surface area contributed by atoms with Crippen LogP contribution in [0, 0.1) is 0 Å². The maximum Gasteiger partial charge on any atom is 0.328 e. The van der Waals surface area contributed by atoms with Gasteiger partial charge in [0.05, 0.1) is 12.3 Å². The normalized spacial score (nSPS) is 17.3. The van der Waals surface area contributed by atoms with Crippen molar-refractivity contribution in [3.05, 3.63) is 23.8 Å². The van der Waals surface area contributed by atoms with Gasteiger partial charge >= 0.3 is 5.97 Å². The number of carboxylic acids is 1. The number of carbonyl (C=O) groups is 2. The van der Waals surface area contributed by atoms with Gasteiger partial charge in [-0.3, -0.25) is 4.79 Å². The molecule has 0 aromatic heterocycles. The van der Waals surface area contributed by atoms with E-state index in [1.54, 1.807) is 19.2 Å². The molecule has 0 saturated carbocycles. The zero-order valence-corrected chi connectivity index (χ0v) is 12.8. The first-order valence-corrected chi connectivity index (χ1v) is 7.14. The number of rotatable bonds is 5. The van der Waals surface area contributed by atoms with E-state index in [1.807, 2.05) is 13.8 Å². The first kappa shape index (κ1) is 15.9. The summed E-state index contributed by atoms with van der Waals surface area (Å²) in [5, 5.41) is 8.74. The Bertz CT molecular complexity index is 623. The van der Waals surface area contributed by atoms with Crippen LogP contribution < -0.4 is 14.4 Å². The number of ether oxygens (including phenoxy) is 2. The Hall–Kier alpha value is -2.50. The fraction of sp³-hybridized carbons (Fsp3) is 0.375. The van der Waals surface area contributed by atoms with Gasteiger partial charge in [-0.05, 0) is 37.1 Å². The lowest BCUT2D eigenvalue weighted by atomic mass is 10.1. The average Bonchev–Trinajstić information content (AvgIpc) is 2.49. The van der Waals surface area contributed by atoms with Crippen LogP contribution in [0.15, 0.2) is 18.2 Å². The van der Waals surface area contributed by atoms with Gasteiger partial charge in [0.25, 0.3) is 5.91 Å². The molecular weight excluding hydrogens is 286 g/mol. The van der Waals surface area contributed by atoms with Gasteiger partial charge in [0.15, 0.2) is 17.6 Å². The van der Waals surface area contributed by atoms with Gasteiger partial charge in [0.2, 0.25) is 0 Å². The molecule has 1 heterocycles. The van der Waals surface area contributed by atoms with E-state index in [9.17, 15) is 9.59 Å². The summed E-state index contributed by atoms with van der Waals surface area (Å²) in [7, 11) is 1.67. The molecule has 118 valence electrons. The molecule has 22 heavy (non-hydrogen) atoms. The van der Waals surface area contributed by atoms with Crippen LogP contribution in [0.2, 0.25) is 0 Å². The number of likely N-dealkylation sites (N-methyl/N-ethyl adjacent to an activating group) is 1. The van der Waals surface area contributed by atoms with Crippen molar-refractivity contribution >= 4 is 23.6 Å². The van der Waals surface area contributed by atoms with Crippen molar-refractivity contribution in [1.29, 1.82) is 0 Å². The van der Waals surface area contributed by atoms with Crippen LogP contribution >= 0.6 is 0 Å². The van der Waals surface area contributed by atoms with E-state index < -0.39 is 12.1 Å². The van der Waals surface area contributed by atoms with Crippen LogP contribution in [-0.4, -0.2) is 36.7 Å². The minimum absolute atomic E-state index is 0.128. The van der Waals surface area contributed by atoms with Gasteiger partial charge in [-0.25, -0.2) is 4.79 Å². The Morgan fingerprint density at radius 3 is 2.77 bits per heavy atom. The summed E-state index contributed by atoms with van der Waals surface area (Å²) in [5.41, 5.74) is 1.20. The summed E-state index contributed by atoms with van der Waals surface area (Å²) in [6.45, 7) is 4.17. The molecule has 0 spiro atoms. The summed E-state index contributed by atoms with van der Waals surface area (Å²) >= 11 is 0. The summed E-state index contributed by atoms with van der Waals surface area (Å²) in [6, 6.07) is 3.42. The first-order chi connectivity index (χ1) is 10.5. The molecule has 2 rings (SSSR count). The Labute approximate surface area is 128 Å². The number of fused-ring (bicyclic) bond motifs is 1. The number of carbonyl (C=O) groups excluding carboxylic acids is 1. The zero-order valence-electron chi connectivity index (χ0n) is 12.8. The Morgan fingerprint density at radius 2 is 2.18 bits per heavy atom. The highest BCUT2D eigenvalue weighted by atomic mass is 16.5. The molecule has 1 aromatic carbocycles. The van der Waals surface area contributed by atoms with Crippen molar-refractivity contribution in [1.82, 2.24) is 0 Å². The predicted octanol–water partition coefficient (Wildman–Crippen LogP) is 2.32. The van der Waals surface area contributed by atoms with Gasteiger partial charge in [-0.15, -0.1) is 0 Å². The number of hydrogen-bond acceptors (Lipinski definition) is 4. The smallest absolute Gasteiger partial charge is 0.328 e. The molecule has 0 bridgehead atoms. The van der Waals surface area contributed by atoms with Crippen LogP contribution in [-0.2, 0) is 9.59 Å². The largest absolute Gasteiger partial charge is 0.490 e. The molecule has 0 aliphatic carbocycles. The molecule has 1 aromatic rings. The topological polar surface area (TPSA) is 76.1 Å². The third kappa shape index (κ3) is 3.05. The highest BCUT2D eigenvalue weighted by molar-refractivity contribution is 6.00. The van der Waals surface area contributed by atoms with Gasteiger partial charge < -0.3 is 19.5 Å². The zero-order chi connectivity index (χ0) is 16.3. The molecule has 1 N–H and O–H groups in total. The molecule has 6 nitrogen and oxygen atoms in total. The van der Waals surface area contributed by atoms with Crippen molar-refractivity contribution in [3.8, 4) is 11.5 Å². The molecule has 0 saturated heterocycles. The molecular formula is C16H19NO5. The quantitative estimate of drug-likeness (QED) is 0.845. The van der Waals surface area contributed by atoms with Crippen molar-refractivity contribution in [3.63, 3.8) is 0 Å².